The molecular formula is C52H37N5. The molecule has 0 N–H and O–H groups in total. The molecule has 5 heteroatoms. The summed E-state index contributed by atoms with van der Waals surface area (Å²) >= 11 is 0. The largest absolute Gasteiger partial charge is 0.307 e. The Morgan fingerprint density at radius 2 is 0.930 bits per heavy atom. The molecule has 0 unspecified atom stereocenters. The Kier molecular flexibility index (Phi) is 8.65. The fraction of sp³-hybridized carbons (Fsp3) is 0.0192. The molecule has 2 aromatic heterocycles. The van der Waals surface area contributed by atoms with Crippen LogP contribution in [0.5, 0.6) is 0 Å². The van der Waals surface area contributed by atoms with Crippen LogP contribution >= 0.6 is 0 Å². The Bertz CT molecular complexity index is 3080. The minimum absolute atomic E-state index is 0.392. The van der Waals surface area contributed by atoms with Crippen LogP contribution in [0.4, 0.5) is 0 Å². The van der Waals surface area contributed by atoms with Crippen molar-refractivity contribution in [1.82, 2.24) is 9.13 Å². The van der Waals surface area contributed by atoms with Crippen LogP contribution in [-0.4, -0.2) is 27.5 Å². The van der Waals surface area contributed by atoms with Gasteiger partial charge in [-0.2, -0.15) is 0 Å². The van der Waals surface area contributed by atoms with E-state index in [9.17, 15) is 0 Å². The molecule has 0 saturated heterocycles. The minimum Gasteiger partial charge on any atom is -0.307 e. The van der Waals surface area contributed by atoms with Gasteiger partial charge in [0.2, 0.25) is 0 Å². The maximum Gasteiger partial charge on any atom is 0.161 e. The molecule has 0 atom stereocenters. The van der Waals surface area contributed by atoms with Crippen LogP contribution in [0.25, 0.3) is 66.1 Å². The summed E-state index contributed by atoms with van der Waals surface area (Å²) in [5.74, 6) is 1.11. The van der Waals surface area contributed by atoms with Gasteiger partial charge in [0.25, 0.3) is 0 Å². The summed E-state index contributed by atoms with van der Waals surface area (Å²) in [5.41, 5.74) is 11.9. The molecule has 2 heterocycles. The Balaban J connectivity index is 1.21. The lowest BCUT2D eigenvalue weighted by atomic mass is 10.0. The summed E-state index contributed by atoms with van der Waals surface area (Å²) in [6, 6.07) is 70.1. The molecule has 10 aromatic rings. The summed E-state index contributed by atoms with van der Waals surface area (Å²) in [4.78, 5) is 14.8. The van der Waals surface area contributed by atoms with E-state index in [0.29, 0.717) is 18.2 Å². The lowest BCUT2D eigenvalue weighted by Gasteiger charge is -2.16. The molecule has 0 fully saturated rings. The van der Waals surface area contributed by atoms with E-state index < -0.39 is 0 Å². The zero-order valence-corrected chi connectivity index (χ0v) is 31.2. The van der Waals surface area contributed by atoms with E-state index in [-0.39, 0.29) is 0 Å². The van der Waals surface area contributed by atoms with E-state index in [1.54, 1.807) is 0 Å². The molecule has 57 heavy (non-hydrogen) atoms. The highest BCUT2D eigenvalue weighted by molar-refractivity contribution is 6.16. The molecule has 0 aliphatic carbocycles. The molecule has 0 aliphatic heterocycles. The van der Waals surface area contributed by atoms with Crippen molar-refractivity contribution in [2.75, 3.05) is 0 Å². The van der Waals surface area contributed by atoms with Crippen molar-refractivity contribution < 1.29 is 0 Å². The van der Waals surface area contributed by atoms with Crippen molar-refractivity contribution in [3.8, 4) is 22.5 Å². The molecule has 10 rings (SSSR count). The maximum absolute atomic E-state index is 5.30. The quantitative estimate of drug-likeness (QED) is 0.116. The molecule has 0 spiro atoms. The molecule has 0 amide bonds. The van der Waals surface area contributed by atoms with Crippen LogP contribution in [-0.2, 0) is 6.54 Å². The lowest BCUT2D eigenvalue weighted by Crippen LogP contribution is -2.06. The van der Waals surface area contributed by atoms with Gasteiger partial charge in [-0.05, 0) is 65.9 Å². The second-order valence-corrected chi connectivity index (χ2v) is 14.1. The number of rotatable bonds is 7. The van der Waals surface area contributed by atoms with Gasteiger partial charge in [-0.15, -0.1) is 0 Å². The molecule has 8 aromatic carbocycles. The number of amidine groups is 2. The number of hydrogen-bond acceptors (Lipinski definition) is 1. The van der Waals surface area contributed by atoms with Crippen LogP contribution in [0.15, 0.2) is 215 Å². The van der Waals surface area contributed by atoms with Gasteiger partial charge in [0.1, 0.15) is 0 Å². The van der Waals surface area contributed by atoms with E-state index in [1.165, 1.54) is 16.2 Å². The number of fused-ring (bicyclic) bond motifs is 6. The SMILES string of the molecule is C=NC(=NC(=NCc1cc(-n2c3ccccc3c3ccccc32)c2c(c1)c1ccccc1n2-c1ccccc1)c1ccc(-c2ccccc2)cc1)c1ccccc1. The summed E-state index contributed by atoms with van der Waals surface area (Å²) in [6.45, 7) is 4.29. The Labute approximate surface area is 330 Å². The topological polar surface area (TPSA) is 46.9 Å². The van der Waals surface area contributed by atoms with E-state index in [2.05, 4.69) is 185 Å². The van der Waals surface area contributed by atoms with Gasteiger partial charge in [-0.3, -0.25) is 4.99 Å². The molecule has 0 saturated carbocycles. The lowest BCUT2D eigenvalue weighted by molar-refractivity contribution is 1.05. The third kappa shape index (κ3) is 6.12. The Morgan fingerprint density at radius 3 is 1.54 bits per heavy atom. The zero-order chi connectivity index (χ0) is 38.1. The van der Waals surface area contributed by atoms with Gasteiger partial charge < -0.3 is 9.13 Å². The monoisotopic (exact) mass is 731 g/mol. The van der Waals surface area contributed by atoms with Crippen LogP contribution < -0.4 is 0 Å². The van der Waals surface area contributed by atoms with Crippen molar-refractivity contribution in [3.63, 3.8) is 0 Å². The van der Waals surface area contributed by atoms with Crippen LogP contribution in [0.3, 0.4) is 0 Å². The predicted molar refractivity (Wildman–Crippen MR) is 240 cm³/mol. The summed E-state index contributed by atoms with van der Waals surface area (Å²) < 4.78 is 4.83. The van der Waals surface area contributed by atoms with Crippen molar-refractivity contribution >= 4 is 62.0 Å². The fourth-order valence-corrected chi connectivity index (χ4v) is 8.10. The molecule has 270 valence electrons. The van der Waals surface area contributed by atoms with Crippen LogP contribution in [0, 0.1) is 0 Å². The van der Waals surface area contributed by atoms with Gasteiger partial charge in [-0.1, -0.05) is 158 Å². The second-order valence-electron chi connectivity index (χ2n) is 14.1. The van der Waals surface area contributed by atoms with E-state index >= 15 is 0 Å². The second kappa shape index (κ2) is 14.5. The third-order valence-electron chi connectivity index (χ3n) is 10.7. The third-order valence-corrected chi connectivity index (χ3v) is 10.7. The number of benzene rings is 8. The molecule has 5 nitrogen and oxygen atoms in total. The van der Waals surface area contributed by atoms with Crippen molar-refractivity contribution in [3.05, 3.63) is 217 Å². The van der Waals surface area contributed by atoms with Crippen LogP contribution in [0.2, 0.25) is 0 Å². The average Bonchev–Trinajstić information content (AvgIpc) is 3.80. The first-order valence-electron chi connectivity index (χ1n) is 19.2. The fourth-order valence-electron chi connectivity index (χ4n) is 8.10. The summed E-state index contributed by atoms with van der Waals surface area (Å²) in [5, 5.41) is 4.77. The number of aromatic nitrogens is 2. The predicted octanol–water partition coefficient (Wildman–Crippen LogP) is 12.6. The van der Waals surface area contributed by atoms with Gasteiger partial charge in [0, 0.05) is 38.4 Å². The molecular weight excluding hydrogens is 695 g/mol. The average molecular weight is 732 g/mol. The van der Waals surface area contributed by atoms with E-state index in [0.717, 1.165) is 66.6 Å². The zero-order valence-electron chi connectivity index (χ0n) is 31.2. The normalized spacial score (nSPS) is 12.2. The van der Waals surface area contributed by atoms with Crippen molar-refractivity contribution in [2.24, 2.45) is 15.0 Å². The summed E-state index contributed by atoms with van der Waals surface area (Å²) in [6.07, 6.45) is 0. The van der Waals surface area contributed by atoms with Gasteiger partial charge in [-0.25, -0.2) is 9.98 Å². The van der Waals surface area contributed by atoms with Crippen molar-refractivity contribution in [2.45, 2.75) is 6.54 Å². The minimum atomic E-state index is 0.392. The van der Waals surface area contributed by atoms with Crippen molar-refractivity contribution in [1.29, 1.82) is 0 Å². The first-order valence-corrected chi connectivity index (χ1v) is 19.2. The summed E-state index contributed by atoms with van der Waals surface area (Å²) in [7, 11) is 0. The first kappa shape index (κ1) is 33.9. The highest BCUT2D eigenvalue weighted by Gasteiger charge is 2.21. The number of nitrogens with zero attached hydrogens (tertiary/aromatic N) is 5. The smallest absolute Gasteiger partial charge is 0.161 e. The van der Waals surface area contributed by atoms with Gasteiger partial charge in [0.15, 0.2) is 11.7 Å². The highest BCUT2D eigenvalue weighted by Crippen LogP contribution is 2.40. The Morgan fingerprint density at radius 1 is 0.439 bits per heavy atom. The van der Waals surface area contributed by atoms with Crippen LogP contribution in [0.1, 0.15) is 16.7 Å². The highest BCUT2D eigenvalue weighted by atomic mass is 15.1. The Hall–Kier alpha value is -7.63. The molecule has 0 radical (unpaired) electrons. The molecule has 0 aliphatic rings. The van der Waals surface area contributed by atoms with Gasteiger partial charge in [0.05, 0.1) is 34.3 Å². The number of aliphatic imine (C=N–C) groups is 3. The first-order chi connectivity index (χ1) is 28.2. The van der Waals surface area contributed by atoms with E-state index in [4.69, 9.17) is 9.98 Å². The molecule has 0 bridgehead atoms. The van der Waals surface area contributed by atoms with Gasteiger partial charge >= 0.3 is 0 Å². The maximum atomic E-state index is 5.30. The number of para-hydroxylation sites is 4. The van der Waals surface area contributed by atoms with E-state index in [1.807, 2.05) is 36.4 Å². The standard InChI is InChI=1S/C52H37N5/c1-53-51(39-19-7-3-8-20-39)55-52(40-31-29-38(30-32-40)37-17-5-2-6-18-37)54-35-36-33-45-44-25-13-14-26-46(44)56(41-21-9-4-10-22-41)50(45)49(34-36)57-47-27-15-11-23-42(47)43-24-12-16-28-48(43)57/h2-34H,1,35H2. The number of hydrogen-bond donors (Lipinski definition) is 0.